The van der Waals surface area contributed by atoms with Crippen LogP contribution in [0.25, 0.3) is 0 Å². The summed E-state index contributed by atoms with van der Waals surface area (Å²) in [4.78, 5) is 56.0. The molecule has 6 rings (SSSR count). The molecule has 3 amide bonds. The molecule has 0 saturated heterocycles. The molecule has 2 aliphatic rings. The number of hydrogen-bond donors (Lipinski definition) is 1. The van der Waals surface area contributed by atoms with E-state index in [0.29, 0.717) is 33.5 Å². The van der Waals surface area contributed by atoms with E-state index in [1.165, 1.54) is 35.2 Å². The Morgan fingerprint density at radius 2 is 1.70 bits per heavy atom. The van der Waals surface area contributed by atoms with Gasteiger partial charge in [0.1, 0.15) is 18.4 Å². The number of carbonyl (C=O) groups is 4. The monoisotopic (exact) mass is 599 g/mol. The number of benzene rings is 4. The van der Waals surface area contributed by atoms with Crippen LogP contribution in [0.1, 0.15) is 27.5 Å². The third-order valence-corrected chi connectivity index (χ3v) is 7.38. The Balaban J connectivity index is 1.39. The molecule has 0 bridgehead atoms. The van der Waals surface area contributed by atoms with Gasteiger partial charge in [0.15, 0.2) is 11.5 Å². The van der Waals surface area contributed by atoms with Crippen LogP contribution < -0.4 is 19.7 Å². The number of carbonyl (C=O) groups excluding carboxylic acids is 4. The molecule has 2 heterocycles. The summed E-state index contributed by atoms with van der Waals surface area (Å²) in [6, 6.07) is 21.9. The number of ether oxygens (including phenoxy) is 2. The maximum Gasteiger partial charge on any atom is 0.299 e. The third kappa shape index (κ3) is 5.64. The molecule has 0 spiro atoms. The van der Waals surface area contributed by atoms with E-state index in [9.17, 15) is 23.6 Å². The molecule has 43 heavy (non-hydrogen) atoms. The minimum Gasteiger partial charge on any atom is -0.454 e. The molecule has 4 aromatic carbocycles. The van der Waals surface area contributed by atoms with Gasteiger partial charge in [-0.05, 0) is 59.7 Å². The normalized spacial score (nSPS) is 14.0. The molecule has 1 N–H and O–H groups in total. The van der Waals surface area contributed by atoms with Crippen LogP contribution in [0.4, 0.5) is 15.8 Å². The average molecular weight is 600 g/mol. The van der Waals surface area contributed by atoms with Crippen molar-refractivity contribution in [2.75, 3.05) is 23.6 Å². The summed E-state index contributed by atoms with van der Waals surface area (Å²) in [6.45, 7) is -0.579. The Morgan fingerprint density at radius 1 is 0.930 bits per heavy atom. The van der Waals surface area contributed by atoms with E-state index in [1.54, 1.807) is 60.7 Å². The van der Waals surface area contributed by atoms with Gasteiger partial charge in [-0.2, -0.15) is 0 Å². The number of para-hydroxylation sites is 1. The quantitative estimate of drug-likeness (QED) is 0.281. The van der Waals surface area contributed by atoms with E-state index >= 15 is 0 Å². The lowest BCUT2D eigenvalue weighted by atomic mass is 10.0. The van der Waals surface area contributed by atoms with Gasteiger partial charge in [0.25, 0.3) is 17.6 Å². The number of nitrogens with zero attached hydrogens (tertiary/aromatic N) is 2. The summed E-state index contributed by atoms with van der Waals surface area (Å²) in [5.41, 5.74) is 1.67. The van der Waals surface area contributed by atoms with Crippen LogP contribution in [-0.2, 0) is 20.9 Å². The zero-order valence-electron chi connectivity index (χ0n) is 22.5. The van der Waals surface area contributed by atoms with E-state index < -0.39 is 41.9 Å². The summed E-state index contributed by atoms with van der Waals surface area (Å²) in [5.74, 6) is -2.53. The van der Waals surface area contributed by atoms with Crippen LogP contribution in [0, 0.1) is 5.82 Å². The van der Waals surface area contributed by atoms with Crippen molar-refractivity contribution in [2.45, 2.75) is 12.6 Å². The second-order valence-electron chi connectivity index (χ2n) is 9.90. The van der Waals surface area contributed by atoms with Gasteiger partial charge in [-0.15, -0.1) is 0 Å². The van der Waals surface area contributed by atoms with Crippen LogP contribution in [0.2, 0.25) is 5.02 Å². The number of nitrogens with one attached hydrogen (secondary N) is 1. The molecule has 0 fully saturated rings. The average Bonchev–Trinajstić information content (AvgIpc) is 3.56. The molecule has 11 heteroatoms. The maximum atomic E-state index is 14.5. The molecule has 1 atom stereocenters. The Hall–Kier alpha value is -5.22. The van der Waals surface area contributed by atoms with Crippen molar-refractivity contribution in [3.63, 3.8) is 0 Å². The highest BCUT2D eigenvalue weighted by molar-refractivity contribution is 6.52. The minimum atomic E-state index is -1.34. The summed E-state index contributed by atoms with van der Waals surface area (Å²) >= 11 is 6.08. The lowest BCUT2D eigenvalue weighted by Crippen LogP contribution is -2.46. The zero-order valence-corrected chi connectivity index (χ0v) is 23.2. The molecule has 216 valence electrons. The summed E-state index contributed by atoms with van der Waals surface area (Å²) in [6.07, 6.45) is 0. The van der Waals surface area contributed by atoms with Gasteiger partial charge in [0, 0.05) is 23.3 Å². The first-order chi connectivity index (χ1) is 20.8. The lowest BCUT2D eigenvalue weighted by Gasteiger charge is -2.33. The standard InChI is InChI=1S/C32H23ClFN3O6/c33-21-10-8-19(9-11-21)16-37(28(38)17-36-25-7-2-1-6-24(25)30(39)32(36)41)29(20-4-3-5-22(34)14-20)31(40)35-23-12-13-26-27(15-23)43-18-42-26/h1-15,29H,16-18H2,(H,35,40). The predicted molar refractivity (Wildman–Crippen MR) is 155 cm³/mol. The number of Topliss-reactive ketones (excluding diaryl/α,β-unsaturated/α-hetero) is 1. The van der Waals surface area contributed by atoms with Gasteiger partial charge in [-0.3, -0.25) is 24.1 Å². The smallest absolute Gasteiger partial charge is 0.299 e. The van der Waals surface area contributed by atoms with Crippen molar-refractivity contribution in [3.8, 4) is 11.5 Å². The molecular weight excluding hydrogens is 577 g/mol. The highest BCUT2D eigenvalue weighted by atomic mass is 35.5. The van der Waals surface area contributed by atoms with Crippen molar-refractivity contribution in [3.05, 3.63) is 119 Å². The second-order valence-corrected chi connectivity index (χ2v) is 10.3. The van der Waals surface area contributed by atoms with E-state index in [0.717, 1.165) is 4.90 Å². The minimum absolute atomic E-state index is 0.0445. The molecule has 2 aliphatic heterocycles. The van der Waals surface area contributed by atoms with E-state index in [4.69, 9.17) is 21.1 Å². The highest BCUT2D eigenvalue weighted by Crippen LogP contribution is 2.35. The number of amides is 3. The number of fused-ring (bicyclic) bond motifs is 2. The molecule has 0 aliphatic carbocycles. The summed E-state index contributed by atoms with van der Waals surface area (Å²) in [5, 5.41) is 3.27. The molecule has 1 unspecified atom stereocenters. The van der Waals surface area contributed by atoms with Crippen LogP contribution in [-0.4, -0.2) is 41.7 Å². The topological polar surface area (TPSA) is 105 Å². The van der Waals surface area contributed by atoms with E-state index in [2.05, 4.69) is 5.32 Å². The first-order valence-electron chi connectivity index (χ1n) is 13.2. The summed E-state index contributed by atoms with van der Waals surface area (Å²) in [7, 11) is 0. The van der Waals surface area contributed by atoms with Crippen molar-refractivity contribution >= 4 is 46.5 Å². The van der Waals surface area contributed by atoms with Crippen molar-refractivity contribution in [1.29, 1.82) is 0 Å². The predicted octanol–water partition coefficient (Wildman–Crippen LogP) is 5.15. The first-order valence-corrected chi connectivity index (χ1v) is 13.6. The van der Waals surface area contributed by atoms with Crippen molar-refractivity contribution < 1.29 is 33.0 Å². The van der Waals surface area contributed by atoms with Gasteiger partial charge < -0.3 is 19.7 Å². The van der Waals surface area contributed by atoms with Gasteiger partial charge >= 0.3 is 0 Å². The van der Waals surface area contributed by atoms with Crippen LogP contribution in [0.3, 0.4) is 0 Å². The number of hydrogen-bond acceptors (Lipinski definition) is 6. The Bertz CT molecular complexity index is 1760. The van der Waals surface area contributed by atoms with E-state index in [-0.39, 0.29) is 24.5 Å². The van der Waals surface area contributed by atoms with Crippen LogP contribution in [0.5, 0.6) is 11.5 Å². The third-order valence-electron chi connectivity index (χ3n) is 7.12. The van der Waals surface area contributed by atoms with Crippen LogP contribution in [0.15, 0.2) is 91.0 Å². The maximum absolute atomic E-state index is 14.5. The van der Waals surface area contributed by atoms with Crippen LogP contribution >= 0.6 is 11.6 Å². The highest BCUT2D eigenvalue weighted by Gasteiger charge is 2.39. The van der Waals surface area contributed by atoms with Gasteiger partial charge in [-0.1, -0.05) is 48.0 Å². The number of halogens is 2. The Morgan fingerprint density at radius 3 is 2.49 bits per heavy atom. The fourth-order valence-corrected chi connectivity index (χ4v) is 5.20. The fraction of sp³-hybridized carbons (Fsp3) is 0.125. The molecule has 0 aromatic heterocycles. The zero-order chi connectivity index (χ0) is 30.1. The summed E-state index contributed by atoms with van der Waals surface area (Å²) < 4.78 is 25.3. The Labute approximate surface area is 250 Å². The second kappa shape index (κ2) is 11.6. The van der Waals surface area contributed by atoms with Gasteiger partial charge in [0.2, 0.25) is 12.7 Å². The molecule has 0 radical (unpaired) electrons. The molecule has 9 nitrogen and oxygen atoms in total. The molecule has 0 saturated carbocycles. The Kier molecular flexibility index (Phi) is 7.52. The first kappa shape index (κ1) is 27.9. The van der Waals surface area contributed by atoms with Gasteiger partial charge in [0.05, 0.1) is 11.3 Å². The number of ketones is 1. The molecule has 4 aromatic rings. The van der Waals surface area contributed by atoms with E-state index in [1.807, 2.05) is 0 Å². The van der Waals surface area contributed by atoms with Crippen molar-refractivity contribution in [2.24, 2.45) is 0 Å². The van der Waals surface area contributed by atoms with Gasteiger partial charge in [-0.25, -0.2) is 4.39 Å². The largest absolute Gasteiger partial charge is 0.454 e. The number of anilines is 2. The lowest BCUT2D eigenvalue weighted by molar-refractivity contribution is -0.139. The number of rotatable bonds is 8. The van der Waals surface area contributed by atoms with Crippen molar-refractivity contribution in [1.82, 2.24) is 4.90 Å². The SMILES string of the molecule is O=C1C(=O)N(CC(=O)N(Cc2ccc(Cl)cc2)C(C(=O)Nc2ccc3c(c2)OCO3)c2cccc(F)c2)c2ccccc21. The fourth-order valence-electron chi connectivity index (χ4n) is 5.08. The molecular formula is C32H23ClFN3O6.